The molecule has 0 saturated carbocycles. The molecule has 0 bridgehead atoms. The van der Waals surface area contributed by atoms with E-state index in [4.69, 9.17) is 5.11 Å². The van der Waals surface area contributed by atoms with Crippen LogP contribution in [0, 0.1) is 0 Å². The first-order valence-corrected chi connectivity index (χ1v) is 4.40. The van der Waals surface area contributed by atoms with Crippen LogP contribution in [0.2, 0.25) is 0 Å². The Morgan fingerprint density at radius 2 is 2.27 bits per heavy atom. The summed E-state index contributed by atoms with van der Waals surface area (Å²) in [5, 5.41) is 8.54. The monoisotopic (exact) mass is 232 g/mol. The summed E-state index contributed by atoms with van der Waals surface area (Å²) in [6.07, 6.45) is 0. The minimum atomic E-state index is -0.973. The first kappa shape index (κ1) is 8.49. The van der Waals surface area contributed by atoms with E-state index >= 15 is 0 Å². The summed E-state index contributed by atoms with van der Waals surface area (Å²) in [5.74, 6) is -0.973. The molecule has 0 spiro atoms. The first-order valence-electron chi connectivity index (χ1n) is 2.79. The fraction of sp³-hybridized carbons (Fsp3) is 0. The summed E-state index contributed by atoms with van der Waals surface area (Å²) in [4.78, 5) is 11.1. The molecule has 1 aromatic heterocycles. The summed E-state index contributed by atoms with van der Waals surface area (Å²) in [7, 11) is 0. The fourth-order valence-corrected chi connectivity index (χ4v) is 1.93. The molecule has 2 nitrogen and oxygen atoms in total. The van der Waals surface area contributed by atoms with Crippen LogP contribution in [-0.2, 0) is 4.79 Å². The van der Waals surface area contributed by atoms with E-state index in [0.717, 1.165) is 3.79 Å². The zero-order chi connectivity index (χ0) is 8.43. The van der Waals surface area contributed by atoms with Gasteiger partial charge >= 0.3 is 5.97 Å². The second-order valence-electron chi connectivity index (χ2n) is 1.89. The highest BCUT2D eigenvalue weighted by Crippen LogP contribution is 2.26. The van der Waals surface area contributed by atoms with Gasteiger partial charge < -0.3 is 5.11 Å². The van der Waals surface area contributed by atoms with Crippen LogP contribution in [0.25, 0.3) is 5.57 Å². The smallest absolute Gasteiger partial charge is 0.336 e. The minimum absolute atomic E-state index is 0.140. The van der Waals surface area contributed by atoms with Crippen molar-refractivity contribution in [1.82, 2.24) is 0 Å². The predicted octanol–water partition coefficient (Wildman–Crippen LogP) is 2.61. The lowest BCUT2D eigenvalue weighted by Crippen LogP contribution is -1.94. The van der Waals surface area contributed by atoms with Gasteiger partial charge in [-0.05, 0) is 28.1 Å². The molecule has 4 heteroatoms. The Morgan fingerprint density at radius 3 is 2.64 bits per heavy atom. The lowest BCUT2D eigenvalue weighted by atomic mass is 10.2. The Labute approximate surface area is 76.3 Å². The van der Waals surface area contributed by atoms with Crippen molar-refractivity contribution in [2.24, 2.45) is 0 Å². The number of aliphatic carboxylic acids is 1. The van der Waals surface area contributed by atoms with Crippen LogP contribution < -0.4 is 0 Å². The highest BCUT2D eigenvalue weighted by molar-refractivity contribution is 9.11. The molecule has 0 aromatic carbocycles. The maximum Gasteiger partial charge on any atom is 0.336 e. The van der Waals surface area contributed by atoms with Crippen molar-refractivity contribution in [2.45, 2.75) is 0 Å². The van der Waals surface area contributed by atoms with Gasteiger partial charge in [-0.3, -0.25) is 0 Å². The van der Waals surface area contributed by atoms with E-state index in [2.05, 4.69) is 22.5 Å². The van der Waals surface area contributed by atoms with Gasteiger partial charge in [0.1, 0.15) is 0 Å². The van der Waals surface area contributed by atoms with E-state index in [1.54, 1.807) is 12.1 Å². The predicted molar refractivity (Wildman–Crippen MR) is 48.7 cm³/mol. The Bertz CT molecular complexity index is 303. The van der Waals surface area contributed by atoms with Crippen molar-refractivity contribution in [3.05, 3.63) is 27.4 Å². The van der Waals surface area contributed by atoms with Crippen LogP contribution in [0.4, 0.5) is 0 Å². The van der Waals surface area contributed by atoms with E-state index < -0.39 is 5.97 Å². The Kier molecular flexibility index (Phi) is 2.46. The van der Waals surface area contributed by atoms with Gasteiger partial charge in [0.25, 0.3) is 0 Å². The summed E-state index contributed by atoms with van der Waals surface area (Å²) >= 11 is 4.59. The molecule has 1 rings (SSSR count). The van der Waals surface area contributed by atoms with Crippen LogP contribution in [0.1, 0.15) is 4.88 Å². The Morgan fingerprint density at radius 1 is 1.64 bits per heavy atom. The molecule has 11 heavy (non-hydrogen) atoms. The molecular formula is C7H5BrO2S. The van der Waals surface area contributed by atoms with Gasteiger partial charge in [0.05, 0.1) is 9.36 Å². The van der Waals surface area contributed by atoms with Crippen LogP contribution in [0.15, 0.2) is 22.5 Å². The number of rotatable bonds is 2. The average Bonchev–Trinajstić information content (AvgIpc) is 2.34. The summed E-state index contributed by atoms with van der Waals surface area (Å²) < 4.78 is 0.912. The summed E-state index contributed by atoms with van der Waals surface area (Å²) in [6, 6.07) is 3.53. The molecule has 0 amide bonds. The lowest BCUT2D eigenvalue weighted by molar-refractivity contribution is -0.130. The van der Waals surface area contributed by atoms with Crippen LogP contribution in [-0.4, -0.2) is 11.1 Å². The zero-order valence-electron chi connectivity index (χ0n) is 5.50. The summed E-state index contributed by atoms with van der Waals surface area (Å²) in [5.41, 5.74) is 0.140. The number of hydrogen-bond donors (Lipinski definition) is 1. The molecule has 58 valence electrons. The van der Waals surface area contributed by atoms with E-state index in [-0.39, 0.29) is 5.57 Å². The topological polar surface area (TPSA) is 37.3 Å². The molecule has 0 aliphatic rings. The third kappa shape index (κ3) is 1.91. The minimum Gasteiger partial charge on any atom is -0.478 e. The van der Waals surface area contributed by atoms with E-state index in [1.807, 2.05) is 0 Å². The zero-order valence-corrected chi connectivity index (χ0v) is 7.91. The van der Waals surface area contributed by atoms with Gasteiger partial charge in [-0.15, -0.1) is 11.3 Å². The first-order chi connectivity index (χ1) is 5.11. The average molecular weight is 233 g/mol. The number of carboxylic acid groups (broad SMARTS) is 1. The number of carbonyl (C=O) groups is 1. The fourth-order valence-electron chi connectivity index (χ4n) is 0.582. The van der Waals surface area contributed by atoms with Crippen molar-refractivity contribution in [3.8, 4) is 0 Å². The molecule has 0 atom stereocenters. The number of carboxylic acids is 1. The van der Waals surface area contributed by atoms with Gasteiger partial charge in [-0.2, -0.15) is 0 Å². The molecule has 0 aliphatic carbocycles. The van der Waals surface area contributed by atoms with E-state index in [0.29, 0.717) is 4.88 Å². The van der Waals surface area contributed by atoms with Gasteiger partial charge in [-0.1, -0.05) is 6.58 Å². The van der Waals surface area contributed by atoms with Crippen molar-refractivity contribution in [1.29, 1.82) is 0 Å². The van der Waals surface area contributed by atoms with Gasteiger partial charge in [0, 0.05) is 4.88 Å². The van der Waals surface area contributed by atoms with Crippen molar-refractivity contribution >= 4 is 38.8 Å². The quantitative estimate of drug-likeness (QED) is 0.797. The van der Waals surface area contributed by atoms with E-state index in [1.165, 1.54) is 11.3 Å². The van der Waals surface area contributed by atoms with Crippen LogP contribution in [0.5, 0.6) is 0 Å². The maximum atomic E-state index is 10.4. The molecule has 0 saturated heterocycles. The molecule has 1 N–H and O–H groups in total. The highest BCUT2D eigenvalue weighted by Gasteiger charge is 2.08. The molecule has 0 aliphatic heterocycles. The van der Waals surface area contributed by atoms with Crippen LogP contribution in [0.3, 0.4) is 0 Å². The van der Waals surface area contributed by atoms with Gasteiger partial charge in [0.2, 0.25) is 0 Å². The van der Waals surface area contributed by atoms with Gasteiger partial charge in [0.15, 0.2) is 0 Å². The van der Waals surface area contributed by atoms with E-state index in [9.17, 15) is 4.79 Å². The largest absolute Gasteiger partial charge is 0.478 e. The van der Waals surface area contributed by atoms with Crippen molar-refractivity contribution < 1.29 is 9.90 Å². The molecular weight excluding hydrogens is 228 g/mol. The molecule has 1 aromatic rings. The maximum absolute atomic E-state index is 10.4. The van der Waals surface area contributed by atoms with Gasteiger partial charge in [-0.25, -0.2) is 4.79 Å². The number of halogens is 1. The Hall–Kier alpha value is -0.610. The highest BCUT2D eigenvalue weighted by atomic mass is 79.9. The SMILES string of the molecule is C=C(C(=O)O)c1ccc(Br)s1. The molecule has 0 unspecified atom stereocenters. The van der Waals surface area contributed by atoms with Crippen LogP contribution >= 0.6 is 27.3 Å². The van der Waals surface area contributed by atoms with Crippen molar-refractivity contribution in [2.75, 3.05) is 0 Å². The number of hydrogen-bond acceptors (Lipinski definition) is 2. The lowest BCUT2D eigenvalue weighted by Gasteiger charge is -1.91. The molecule has 1 heterocycles. The third-order valence-corrected chi connectivity index (χ3v) is 2.81. The number of thiophene rings is 1. The Balaban J connectivity index is 2.94. The second kappa shape index (κ2) is 3.19. The normalized spacial score (nSPS) is 9.55. The molecule has 0 radical (unpaired) electrons. The standard InChI is InChI=1S/C7H5BrO2S/c1-4(7(9)10)5-2-3-6(8)11-5/h2-3H,1H2,(H,9,10). The summed E-state index contributed by atoms with van der Waals surface area (Å²) in [6.45, 7) is 3.43. The van der Waals surface area contributed by atoms with Crippen molar-refractivity contribution in [3.63, 3.8) is 0 Å². The second-order valence-corrected chi connectivity index (χ2v) is 4.35. The molecule has 0 fully saturated rings. The third-order valence-electron chi connectivity index (χ3n) is 1.13.